The molecule has 1 fully saturated rings. The van der Waals surface area contributed by atoms with Crippen LogP contribution in [0.1, 0.15) is 29.9 Å². The van der Waals surface area contributed by atoms with E-state index < -0.39 is 0 Å². The molecule has 1 aromatic carbocycles. The van der Waals surface area contributed by atoms with Gasteiger partial charge in [-0.25, -0.2) is 9.97 Å². The lowest BCUT2D eigenvalue weighted by atomic mass is 9.95. The van der Waals surface area contributed by atoms with Crippen molar-refractivity contribution in [2.24, 2.45) is 0 Å². The Morgan fingerprint density at radius 2 is 1.94 bits per heavy atom. The summed E-state index contributed by atoms with van der Waals surface area (Å²) in [6.45, 7) is 0.792. The van der Waals surface area contributed by atoms with Gasteiger partial charge in [0.2, 0.25) is 0 Å². The highest BCUT2D eigenvalue weighted by molar-refractivity contribution is 5.39. The summed E-state index contributed by atoms with van der Waals surface area (Å²) in [5, 5.41) is 3.13. The van der Waals surface area contributed by atoms with E-state index in [0.717, 1.165) is 30.9 Å². The molecular formula is C15H17N3. The first-order chi connectivity index (χ1) is 8.85. The van der Waals surface area contributed by atoms with Crippen molar-refractivity contribution in [2.75, 3.05) is 7.05 Å². The summed E-state index contributed by atoms with van der Waals surface area (Å²) in [5.41, 5.74) is 2.47. The number of rotatable bonds is 4. The third-order valence-electron chi connectivity index (χ3n) is 3.58. The van der Waals surface area contributed by atoms with Gasteiger partial charge < -0.3 is 5.32 Å². The second-order valence-electron chi connectivity index (χ2n) is 4.85. The molecule has 0 aliphatic heterocycles. The largest absolute Gasteiger partial charge is 0.314 e. The van der Waals surface area contributed by atoms with Crippen LogP contribution in [0.15, 0.2) is 42.6 Å². The van der Waals surface area contributed by atoms with Crippen LogP contribution in [0.5, 0.6) is 0 Å². The summed E-state index contributed by atoms with van der Waals surface area (Å²) in [6, 6.07) is 12.6. The monoisotopic (exact) mass is 239 g/mol. The molecule has 1 aliphatic rings. The van der Waals surface area contributed by atoms with Crippen LogP contribution in [0, 0.1) is 0 Å². The van der Waals surface area contributed by atoms with E-state index in [9.17, 15) is 0 Å². The number of nitrogens with one attached hydrogen (secondary N) is 1. The molecule has 0 saturated heterocycles. The number of nitrogens with zero attached hydrogens (tertiary/aromatic N) is 2. The van der Waals surface area contributed by atoms with Crippen LogP contribution < -0.4 is 5.32 Å². The van der Waals surface area contributed by atoms with Crippen LogP contribution in [0.2, 0.25) is 0 Å². The maximum atomic E-state index is 4.70. The first-order valence-electron chi connectivity index (χ1n) is 6.38. The highest BCUT2D eigenvalue weighted by atomic mass is 14.9. The van der Waals surface area contributed by atoms with E-state index in [1.807, 2.05) is 19.3 Å². The van der Waals surface area contributed by atoms with Crippen LogP contribution in [0.3, 0.4) is 0 Å². The summed E-state index contributed by atoms with van der Waals surface area (Å²) in [5.74, 6) is 0.974. The van der Waals surface area contributed by atoms with Crippen LogP contribution in [-0.2, 0) is 12.0 Å². The summed E-state index contributed by atoms with van der Waals surface area (Å²) in [6.07, 6.45) is 4.18. The molecule has 0 spiro atoms. The molecule has 2 aromatic rings. The first-order valence-corrected chi connectivity index (χ1v) is 6.38. The summed E-state index contributed by atoms with van der Waals surface area (Å²) in [4.78, 5) is 9.19. The van der Waals surface area contributed by atoms with Crippen LogP contribution in [0.25, 0.3) is 0 Å². The second-order valence-corrected chi connectivity index (χ2v) is 4.85. The zero-order valence-corrected chi connectivity index (χ0v) is 10.6. The molecule has 3 heteroatoms. The Kier molecular flexibility index (Phi) is 2.84. The van der Waals surface area contributed by atoms with Gasteiger partial charge in [0, 0.05) is 12.7 Å². The van der Waals surface area contributed by atoms with Crippen molar-refractivity contribution in [3.63, 3.8) is 0 Å². The lowest BCUT2D eigenvalue weighted by Gasteiger charge is -2.14. The number of hydrogen-bond acceptors (Lipinski definition) is 3. The Morgan fingerprint density at radius 3 is 2.61 bits per heavy atom. The lowest BCUT2D eigenvalue weighted by molar-refractivity contribution is 0.715. The molecule has 0 radical (unpaired) electrons. The SMILES string of the molecule is CNCc1ccnc(C2(c3ccccc3)CC2)n1. The van der Waals surface area contributed by atoms with Crippen LogP contribution in [0.4, 0.5) is 0 Å². The van der Waals surface area contributed by atoms with E-state index in [0.29, 0.717) is 0 Å². The minimum Gasteiger partial charge on any atom is -0.314 e. The summed E-state index contributed by atoms with van der Waals surface area (Å²) in [7, 11) is 1.94. The first kappa shape index (κ1) is 11.4. The van der Waals surface area contributed by atoms with Gasteiger partial charge in [-0.15, -0.1) is 0 Å². The molecule has 1 saturated carbocycles. The Bertz CT molecular complexity index is 532. The molecule has 0 amide bonds. The van der Waals surface area contributed by atoms with Gasteiger partial charge in [0.05, 0.1) is 11.1 Å². The van der Waals surface area contributed by atoms with Crippen LogP contribution >= 0.6 is 0 Å². The Balaban J connectivity index is 1.97. The molecule has 18 heavy (non-hydrogen) atoms. The van der Waals surface area contributed by atoms with Gasteiger partial charge in [0.25, 0.3) is 0 Å². The van der Waals surface area contributed by atoms with Crippen molar-refractivity contribution in [1.82, 2.24) is 15.3 Å². The molecule has 0 atom stereocenters. The average molecular weight is 239 g/mol. The highest BCUT2D eigenvalue weighted by Gasteiger charge is 2.48. The van der Waals surface area contributed by atoms with E-state index in [-0.39, 0.29) is 5.41 Å². The predicted molar refractivity (Wildman–Crippen MR) is 71.3 cm³/mol. The Morgan fingerprint density at radius 1 is 1.17 bits per heavy atom. The summed E-state index contributed by atoms with van der Waals surface area (Å²) >= 11 is 0. The van der Waals surface area contributed by atoms with E-state index in [1.54, 1.807) is 0 Å². The number of aromatic nitrogens is 2. The number of benzene rings is 1. The molecular weight excluding hydrogens is 222 g/mol. The smallest absolute Gasteiger partial charge is 0.139 e. The van der Waals surface area contributed by atoms with Gasteiger partial charge in [-0.2, -0.15) is 0 Å². The van der Waals surface area contributed by atoms with E-state index in [1.165, 1.54) is 5.56 Å². The molecule has 3 nitrogen and oxygen atoms in total. The maximum absolute atomic E-state index is 4.70. The van der Waals surface area contributed by atoms with E-state index in [2.05, 4.69) is 40.6 Å². The van der Waals surface area contributed by atoms with Crippen molar-refractivity contribution < 1.29 is 0 Å². The molecule has 1 aromatic heterocycles. The average Bonchev–Trinajstić information content (AvgIpc) is 3.22. The fourth-order valence-electron chi connectivity index (χ4n) is 2.43. The minimum atomic E-state index is 0.0744. The standard InChI is InChI=1S/C15H17N3/c1-16-11-13-7-10-17-14(18-13)15(8-9-15)12-5-3-2-4-6-12/h2-7,10,16H,8-9,11H2,1H3. The van der Waals surface area contributed by atoms with Crippen molar-refractivity contribution >= 4 is 0 Å². The van der Waals surface area contributed by atoms with Gasteiger partial charge in [-0.1, -0.05) is 30.3 Å². The lowest BCUT2D eigenvalue weighted by Crippen LogP contribution is -2.16. The Labute approximate surface area is 107 Å². The third kappa shape index (κ3) is 1.91. The van der Waals surface area contributed by atoms with Gasteiger partial charge in [-0.3, -0.25) is 0 Å². The van der Waals surface area contributed by atoms with Crippen molar-refractivity contribution in [1.29, 1.82) is 0 Å². The second kappa shape index (κ2) is 4.50. The van der Waals surface area contributed by atoms with Gasteiger partial charge in [-0.05, 0) is 31.5 Å². The molecule has 1 heterocycles. The van der Waals surface area contributed by atoms with E-state index in [4.69, 9.17) is 4.98 Å². The summed E-state index contributed by atoms with van der Waals surface area (Å²) < 4.78 is 0. The number of hydrogen-bond donors (Lipinski definition) is 1. The van der Waals surface area contributed by atoms with Crippen molar-refractivity contribution in [3.05, 3.63) is 59.7 Å². The maximum Gasteiger partial charge on any atom is 0.139 e. The van der Waals surface area contributed by atoms with Gasteiger partial charge >= 0.3 is 0 Å². The van der Waals surface area contributed by atoms with Crippen molar-refractivity contribution in [2.45, 2.75) is 24.8 Å². The van der Waals surface area contributed by atoms with Gasteiger partial charge in [0.1, 0.15) is 5.82 Å². The fraction of sp³-hybridized carbons (Fsp3) is 0.333. The Hall–Kier alpha value is -1.74. The van der Waals surface area contributed by atoms with Crippen LogP contribution in [-0.4, -0.2) is 17.0 Å². The zero-order valence-electron chi connectivity index (χ0n) is 10.6. The van der Waals surface area contributed by atoms with Gasteiger partial charge in [0.15, 0.2) is 0 Å². The zero-order chi connectivity index (χ0) is 12.4. The molecule has 0 bridgehead atoms. The normalized spacial score (nSPS) is 16.5. The molecule has 0 unspecified atom stereocenters. The topological polar surface area (TPSA) is 37.8 Å². The van der Waals surface area contributed by atoms with E-state index >= 15 is 0 Å². The fourth-order valence-corrected chi connectivity index (χ4v) is 2.43. The molecule has 92 valence electrons. The third-order valence-corrected chi connectivity index (χ3v) is 3.58. The highest BCUT2D eigenvalue weighted by Crippen LogP contribution is 2.51. The predicted octanol–water partition coefficient (Wildman–Crippen LogP) is 2.28. The quantitative estimate of drug-likeness (QED) is 0.889. The molecule has 1 N–H and O–H groups in total. The molecule has 3 rings (SSSR count). The minimum absolute atomic E-state index is 0.0744. The van der Waals surface area contributed by atoms with Crippen molar-refractivity contribution in [3.8, 4) is 0 Å². The molecule has 1 aliphatic carbocycles.